The highest BCUT2D eigenvalue weighted by Crippen LogP contribution is 2.14. The van der Waals surface area contributed by atoms with Gasteiger partial charge in [-0.3, -0.25) is 0 Å². The van der Waals surface area contributed by atoms with Crippen molar-refractivity contribution in [3.05, 3.63) is 23.9 Å². The first kappa shape index (κ1) is 7.24. The third-order valence-corrected chi connectivity index (χ3v) is 1.65. The molecule has 2 rings (SSSR count). The number of aromatic amines is 1. The average Bonchev–Trinajstić information content (AvgIpc) is 2.50. The van der Waals surface area contributed by atoms with Gasteiger partial charge >= 0.3 is 0 Å². The van der Waals surface area contributed by atoms with Crippen LogP contribution in [0.15, 0.2) is 12.9 Å². The van der Waals surface area contributed by atoms with Crippen molar-refractivity contribution in [2.75, 3.05) is 0 Å². The molecule has 0 aliphatic rings. The van der Waals surface area contributed by atoms with Crippen molar-refractivity contribution in [3.63, 3.8) is 0 Å². The number of nitrogens with one attached hydrogen (secondary N) is 1. The van der Waals surface area contributed by atoms with Crippen LogP contribution in [0.25, 0.3) is 17.2 Å². The second-order valence-electron chi connectivity index (χ2n) is 2.18. The first-order valence-corrected chi connectivity index (χ1v) is 3.68. The van der Waals surface area contributed by atoms with Gasteiger partial charge in [-0.05, 0) is 17.7 Å². The lowest BCUT2D eigenvalue weighted by Crippen LogP contribution is -1.88. The lowest BCUT2D eigenvalue weighted by molar-refractivity contribution is 1.19. The van der Waals surface area contributed by atoms with Gasteiger partial charge in [-0.15, -0.1) is 0 Å². The molecule has 0 bridgehead atoms. The highest BCUT2D eigenvalue weighted by molar-refractivity contribution is 6.28. The maximum Gasteiger partial charge on any atom is 0.225 e. The van der Waals surface area contributed by atoms with E-state index < -0.39 is 0 Å². The Morgan fingerprint density at radius 3 is 3.08 bits per heavy atom. The first-order chi connectivity index (χ1) is 5.81. The van der Waals surface area contributed by atoms with Crippen LogP contribution < -0.4 is 0 Å². The van der Waals surface area contributed by atoms with E-state index in [1.165, 1.54) is 0 Å². The Morgan fingerprint density at radius 1 is 1.50 bits per heavy atom. The minimum atomic E-state index is 0.185. The van der Waals surface area contributed by atoms with Crippen molar-refractivity contribution in [1.29, 1.82) is 0 Å². The van der Waals surface area contributed by atoms with Gasteiger partial charge in [0.1, 0.15) is 5.52 Å². The summed E-state index contributed by atoms with van der Waals surface area (Å²) in [6.45, 7) is 3.61. The molecule has 4 nitrogen and oxygen atoms in total. The van der Waals surface area contributed by atoms with E-state index in [1.54, 1.807) is 12.4 Å². The fourth-order valence-electron chi connectivity index (χ4n) is 0.976. The summed E-state index contributed by atoms with van der Waals surface area (Å²) in [6.07, 6.45) is 3.15. The number of aromatic nitrogens is 4. The molecule has 0 fully saturated rings. The molecular formula is C7H5ClN4. The largest absolute Gasteiger partial charge is 0.341 e. The predicted molar refractivity (Wildman–Crippen MR) is 46.8 cm³/mol. The van der Waals surface area contributed by atoms with E-state index in [9.17, 15) is 0 Å². The Hall–Kier alpha value is -1.42. The molecule has 12 heavy (non-hydrogen) atoms. The zero-order valence-corrected chi connectivity index (χ0v) is 6.84. The standard InChI is InChI=1S/C7H5ClN4/c1-2-4-5-6(10-3-9-5)12-7(8)11-4/h2-3H,1H2,(H,9,10,11,12). The highest BCUT2D eigenvalue weighted by atomic mass is 35.5. The van der Waals surface area contributed by atoms with E-state index in [1.807, 2.05) is 0 Å². The zero-order valence-electron chi connectivity index (χ0n) is 6.08. The molecule has 0 amide bonds. The molecule has 2 aromatic heterocycles. The molecular weight excluding hydrogens is 176 g/mol. The smallest absolute Gasteiger partial charge is 0.225 e. The Labute approximate surface area is 73.3 Å². The molecule has 0 unspecified atom stereocenters. The van der Waals surface area contributed by atoms with Gasteiger partial charge in [0.05, 0.1) is 12.0 Å². The van der Waals surface area contributed by atoms with Gasteiger partial charge in [0.15, 0.2) is 5.65 Å². The maximum absolute atomic E-state index is 5.64. The summed E-state index contributed by atoms with van der Waals surface area (Å²) in [4.78, 5) is 14.7. The van der Waals surface area contributed by atoms with Crippen LogP contribution in [0.5, 0.6) is 0 Å². The Balaban J connectivity index is 2.88. The number of hydrogen-bond donors (Lipinski definition) is 1. The number of imidazole rings is 1. The molecule has 0 spiro atoms. The summed E-state index contributed by atoms with van der Waals surface area (Å²) >= 11 is 5.64. The van der Waals surface area contributed by atoms with Crippen LogP contribution >= 0.6 is 11.6 Å². The maximum atomic E-state index is 5.64. The number of fused-ring (bicyclic) bond motifs is 1. The van der Waals surface area contributed by atoms with Crippen molar-refractivity contribution in [3.8, 4) is 0 Å². The summed E-state index contributed by atoms with van der Waals surface area (Å²) < 4.78 is 0. The fraction of sp³-hybridized carbons (Fsp3) is 0. The van der Waals surface area contributed by atoms with Crippen LogP contribution in [-0.4, -0.2) is 19.9 Å². The van der Waals surface area contributed by atoms with Gasteiger partial charge in [0.2, 0.25) is 5.28 Å². The van der Waals surface area contributed by atoms with Crippen molar-refractivity contribution in [1.82, 2.24) is 19.9 Å². The van der Waals surface area contributed by atoms with Gasteiger partial charge in [0.25, 0.3) is 0 Å². The van der Waals surface area contributed by atoms with Gasteiger partial charge in [-0.25, -0.2) is 9.97 Å². The summed E-state index contributed by atoms with van der Waals surface area (Å²) in [5.74, 6) is 0. The van der Waals surface area contributed by atoms with Crippen LogP contribution in [0.1, 0.15) is 5.69 Å². The summed E-state index contributed by atoms with van der Waals surface area (Å²) in [5, 5.41) is 0.185. The molecule has 60 valence electrons. The molecule has 0 atom stereocenters. The van der Waals surface area contributed by atoms with E-state index in [2.05, 4.69) is 26.5 Å². The quantitative estimate of drug-likeness (QED) is 0.679. The zero-order chi connectivity index (χ0) is 8.55. The second kappa shape index (κ2) is 2.57. The number of nitrogens with zero attached hydrogens (tertiary/aromatic N) is 3. The van der Waals surface area contributed by atoms with Crippen molar-refractivity contribution < 1.29 is 0 Å². The topological polar surface area (TPSA) is 54.5 Å². The Bertz CT molecular complexity index is 434. The van der Waals surface area contributed by atoms with Crippen LogP contribution in [0.2, 0.25) is 5.28 Å². The number of H-pyrrole nitrogens is 1. The molecule has 5 heteroatoms. The SMILES string of the molecule is C=Cc1nc(Cl)nc2nc[nH]c12. The lowest BCUT2D eigenvalue weighted by Gasteiger charge is -1.94. The van der Waals surface area contributed by atoms with Crippen LogP contribution in [0.3, 0.4) is 0 Å². The van der Waals surface area contributed by atoms with Crippen LogP contribution in [-0.2, 0) is 0 Å². The molecule has 1 N–H and O–H groups in total. The summed E-state index contributed by atoms with van der Waals surface area (Å²) in [6, 6.07) is 0. The minimum absolute atomic E-state index is 0.185. The predicted octanol–water partition coefficient (Wildman–Crippen LogP) is 1.65. The highest BCUT2D eigenvalue weighted by Gasteiger charge is 2.04. The molecule has 0 radical (unpaired) electrons. The fourth-order valence-corrected chi connectivity index (χ4v) is 1.15. The molecule has 0 aromatic carbocycles. The summed E-state index contributed by atoms with van der Waals surface area (Å²) in [7, 11) is 0. The number of rotatable bonds is 1. The van der Waals surface area contributed by atoms with Gasteiger partial charge in [-0.1, -0.05) is 6.58 Å². The summed E-state index contributed by atoms with van der Waals surface area (Å²) in [5.41, 5.74) is 1.99. The van der Waals surface area contributed by atoms with Crippen LogP contribution in [0.4, 0.5) is 0 Å². The molecule has 2 heterocycles. The van der Waals surface area contributed by atoms with Gasteiger partial charge < -0.3 is 4.98 Å². The Kier molecular flexibility index (Phi) is 1.55. The number of halogens is 1. The molecule has 2 aromatic rings. The average molecular weight is 181 g/mol. The molecule has 0 aliphatic carbocycles. The normalized spacial score (nSPS) is 10.4. The molecule has 0 aliphatic heterocycles. The van der Waals surface area contributed by atoms with Gasteiger partial charge in [-0.2, -0.15) is 4.98 Å². The van der Waals surface area contributed by atoms with E-state index in [4.69, 9.17) is 11.6 Å². The van der Waals surface area contributed by atoms with E-state index in [0.717, 1.165) is 5.52 Å². The minimum Gasteiger partial charge on any atom is -0.341 e. The molecule has 0 saturated heterocycles. The van der Waals surface area contributed by atoms with Gasteiger partial charge in [0, 0.05) is 0 Å². The van der Waals surface area contributed by atoms with Crippen molar-refractivity contribution >= 4 is 28.8 Å². The van der Waals surface area contributed by atoms with Crippen LogP contribution in [0, 0.1) is 0 Å². The first-order valence-electron chi connectivity index (χ1n) is 3.30. The van der Waals surface area contributed by atoms with E-state index in [-0.39, 0.29) is 5.28 Å². The van der Waals surface area contributed by atoms with E-state index >= 15 is 0 Å². The Morgan fingerprint density at radius 2 is 2.33 bits per heavy atom. The monoisotopic (exact) mass is 180 g/mol. The van der Waals surface area contributed by atoms with Crippen molar-refractivity contribution in [2.45, 2.75) is 0 Å². The van der Waals surface area contributed by atoms with E-state index in [0.29, 0.717) is 11.3 Å². The third-order valence-electron chi connectivity index (χ3n) is 1.48. The number of hydrogen-bond acceptors (Lipinski definition) is 3. The third kappa shape index (κ3) is 0.967. The lowest BCUT2D eigenvalue weighted by atomic mass is 10.3. The molecule has 0 saturated carbocycles. The van der Waals surface area contributed by atoms with Crippen molar-refractivity contribution in [2.24, 2.45) is 0 Å². The second-order valence-corrected chi connectivity index (χ2v) is 2.52.